The summed E-state index contributed by atoms with van der Waals surface area (Å²) in [5.74, 6) is 0.826. The number of piperidine rings is 1. The molecular weight excluding hydrogens is 318 g/mol. The van der Waals surface area contributed by atoms with E-state index in [1.165, 1.54) is 5.56 Å². The number of hydrogen-bond donors (Lipinski definition) is 0. The molecule has 2 unspecified atom stereocenters. The Labute approximate surface area is 148 Å². The Bertz CT molecular complexity index is 598. The minimum atomic E-state index is 0.306. The van der Waals surface area contributed by atoms with Gasteiger partial charge in [0.25, 0.3) is 0 Å². The van der Waals surface area contributed by atoms with Crippen molar-refractivity contribution in [1.82, 2.24) is 14.7 Å². The normalized spacial score (nSPS) is 28.3. The van der Waals surface area contributed by atoms with E-state index in [0.717, 1.165) is 45.7 Å². The van der Waals surface area contributed by atoms with Crippen molar-refractivity contribution >= 4 is 17.7 Å². The van der Waals surface area contributed by atoms with E-state index in [9.17, 15) is 4.79 Å². The first kappa shape index (κ1) is 16.2. The van der Waals surface area contributed by atoms with Crippen molar-refractivity contribution in [1.29, 1.82) is 0 Å². The number of carbonyl (C=O) groups is 1. The second-order valence-electron chi connectivity index (χ2n) is 7.05. The standard InChI is InChI=1S/C19H25N3OS/c23-18-12-17(13-19-22(18)10-11-24-19)15-21-8-6-20(7-9-21)14-16-4-2-1-3-5-16/h1-5,10-11,17,19H,6-9,12-15H2. The molecule has 4 nitrogen and oxygen atoms in total. The Balaban J connectivity index is 1.24. The van der Waals surface area contributed by atoms with Gasteiger partial charge in [0, 0.05) is 51.9 Å². The molecule has 2 fully saturated rings. The van der Waals surface area contributed by atoms with Gasteiger partial charge in [-0.05, 0) is 23.3 Å². The second-order valence-corrected chi connectivity index (χ2v) is 8.13. The van der Waals surface area contributed by atoms with Gasteiger partial charge in [0.05, 0.1) is 5.37 Å². The molecule has 1 aromatic rings. The first-order valence-corrected chi connectivity index (χ1v) is 9.84. The van der Waals surface area contributed by atoms with Gasteiger partial charge in [-0.1, -0.05) is 30.3 Å². The highest BCUT2D eigenvalue weighted by Gasteiger charge is 2.35. The number of amides is 1. The Kier molecular flexibility index (Phi) is 4.92. The van der Waals surface area contributed by atoms with E-state index in [1.807, 2.05) is 11.1 Å². The Morgan fingerprint density at radius 2 is 1.79 bits per heavy atom. The van der Waals surface area contributed by atoms with Crippen LogP contribution in [0.4, 0.5) is 0 Å². The van der Waals surface area contributed by atoms with Gasteiger partial charge < -0.3 is 9.80 Å². The van der Waals surface area contributed by atoms with Gasteiger partial charge in [-0.3, -0.25) is 9.69 Å². The zero-order valence-electron chi connectivity index (χ0n) is 14.0. The smallest absolute Gasteiger partial charge is 0.227 e. The predicted molar refractivity (Wildman–Crippen MR) is 98.2 cm³/mol. The molecule has 2 saturated heterocycles. The fourth-order valence-corrected chi connectivity index (χ4v) is 5.05. The SMILES string of the molecule is O=C1CC(CN2CCN(Cc3ccccc3)CC2)CC2SC=CN12. The Morgan fingerprint density at radius 1 is 1.04 bits per heavy atom. The van der Waals surface area contributed by atoms with Crippen molar-refractivity contribution in [2.75, 3.05) is 32.7 Å². The van der Waals surface area contributed by atoms with E-state index in [2.05, 4.69) is 45.5 Å². The Hall–Kier alpha value is -1.30. The molecule has 3 aliphatic heterocycles. The maximum Gasteiger partial charge on any atom is 0.227 e. The lowest BCUT2D eigenvalue weighted by Crippen LogP contribution is -2.49. The van der Waals surface area contributed by atoms with Crippen LogP contribution in [-0.4, -0.2) is 58.7 Å². The second kappa shape index (κ2) is 7.30. The molecule has 128 valence electrons. The molecule has 1 aromatic carbocycles. The van der Waals surface area contributed by atoms with Crippen LogP contribution in [0.1, 0.15) is 18.4 Å². The number of fused-ring (bicyclic) bond motifs is 1. The van der Waals surface area contributed by atoms with Crippen LogP contribution in [0, 0.1) is 5.92 Å². The van der Waals surface area contributed by atoms with Gasteiger partial charge >= 0.3 is 0 Å². The van der Waals surface area contributed by atoms with Gasteiger partial charge in [0.15, 0.2) is 0 Å². The molecule has 3 heterocycles. The van der Waals surface area contributed by atoms with Gasteiger partial charge in [-0.15, -0.1) is 11.8 Å². The molecule has 0 aromatic heterocycles. The summed E-state index contributed by atoms with van der Waals surface area (Å²) in [6, 6.07) is 10.7. The molecular formula is C19H25N3OS. The molecule has 0 N–H and O–H groups in total. The van der Waals surface area contributed by atoms with E-state index in [-0.39, 0.29) is 0 Å². The van der Waals surface area contributed by atoms with Gasteiger partial charge in [-0.25, -0.2) is 0 Å². The molecule has 0 bridgehead atoms. The fraction of sp³-hybridized carbons (Fsp3) is 0.526. The zero-order chi connectivity index (χ0) is 16.4. The van der Waals surface area contributed by atoms with Crippen LogP contribution in [0.25, 0.3) is 0 Å². The molecule has 0 saturated carbocycles. The van der Waals surface area contributed by atoms with Crippen molar-refractivity contribution in [3.63, 3.8) is 0 Å². The molecule has 0 radical (unpaired) electrons. The lowest BCUT2D eigenvalue weighted by atomic mass is 9.95. The van der Waals surface area contributed by atoms with Gasteiger partial charge in [-0.2, -0.15) is 0 Å². The van der Waals surface area contributed by atoms with Crippen LogP contribution in [0.3, 0.4) is 0 Å². The predicted octanol–water partition coefficient (Wildman–Crippen LogP) is 2.59. The third-order valence-electron chi connectivity index (χ3n) is 5.28. The lowest BCUT2D eigenvalue weighted by molar-refractivity contribution is -0.133. The molecule has 0 spiro atoms. The highest BCUT2D eigenvalue weighted by atomic mass is 32.2. The maximum absolute atomic E-state index is 12.2. The van der Waals surface area contributed by atoms with E-state index in [4.69, 9.17) is 0 Å². The van der Waals surface area contributed by atoms with Gasteiger partial charge in [0.2, 0.25) is 5.91 Å². The first-order valence-electron chi connectivity index (χ1n) is 8.90. The highest BCUT2D eigenvalue weighted by molar-refractivity contribution is 8.02. The number of hydrogen-bond acceptors (Lipinski definition) is 4. The monoisotopic (exact) mass is 343 g/mol. The molecule has 1 amide bonds. The third-order valence-corrected chi connectivity index (χ3v) is 6.30. The van der Waals surface area contributed by atoms with Crippen molar-refractivity contribution in [2.45, 2.75) is 24.8 Å². The average Bonchev–Trinajstić information content (AvgIpc) is 3.07. The van der Waals surface area contributed by atoms with Crippen LogP contribution in [0.5, 0.6) is 0 Å². The topological polar surface area (TPSA) is 26.8 Å². The fourth-order valence-electron chi connectivity index (χ4n) is 3.96. The summed E-state index contributed by atoms with van der Waals surface area (Å²) < 4.78 is 0. The quantitative estimate of drug-likeness (QED) is 0.840. The number of nitrogens with zero attached hydrogens (tertiary/aromatic N) is 3. The summed E-state index contributed by atoms with van der Waals surface area (Å²) >= 11 is 1.80. The van der Waals surface area contributed by atoms with Crippen molar-refractivity contribution in [3.8, 4) is 0 Å². The zero-order valence-corrected chi connectivity index (χ0v) is 14.8. The summed E-state index contributed by atoms with van der Waals surface area (Å²) in [5, 5.41) is 2.42. The summed E-state index contributed by atoms with van der Waals surface area (Å²) in [6.45, 7) is 6.63. The first-order chi connectivity index (χ1) is 11.8. The van der Waals surface area contributed by atoms with Crippen LogP contribution >= 0.6 is 11.8 Å². The molecule has 2 atom stereocenters. The maximum atomic E-state index is 12.2. The minimum absolute atomic E-state index is 0.306. The summed E-state index contributed by atoms with van der Waals surface area (Å²) in [6.07, 6.45) is 3.80. The molecule has 24 heavy (non-hydrogen) atoms. The number of carbonyl (C=O) groups excluding carboxylic acids is 1. The highest BCUT2D eigenvalue weighted by Crippen LogP contribution is 2.36. The van der Waals surface area contributed by atoms with Crippen molar-refractivity contribution < 1.29 is 4.79 Å². The van der Waals surface area contributed by atoms with Crippen molar-refractivity contribution in [2.24, 2.45) is 5.92 Å². The van der Waals surface area contributed by atoms with Crippen LogP contribution in [0.2, 0.25) is 0 Å². The summed E-state index contributed by atoms with van der Waals surface area (Å²) in [4.78, 5) is 19.2. The number of rotatable bonds is 4. The van der Waals surface area contributed by atoms with Crippen LogP contribution in [0.15, 0.2) is 41.9 Å². The van der Waals surface area contributed by atoms with E-state index in [1.54, 1.807) is 11.8 Å². The third kappa shape index (κ3) is 3.68. The lowest BCUT2D eigenvalue weighted by Gasteiger charge is -2.39. The molecule has 0 aliphatic carbocycles. The Morgan fingerprint density at radius 3 is 2.58 bits per heavy atom. The van der Waals surface area contributed by atoms with Crippen LogP contribution < -0.4 is 0 Å². The molecule has 3 aliphatic rings. The number of thioether (sulfide) groups is 1. The average molecular weight is 343 g/mol. The van der Waals surface area contributed by atoms with E-state index in [0.29, 0.717) is 23.6 Å². The van der Waals surface area contributed by atoms with Crippen molar-refractivity contribution in [3.05, 3.63) is 47.5 Å². The summed E-state index contributed by atoms with van der Waals surface area (Å²) in [5.41, 5.74) is 1.40. The summed E-state index contributed by atoms with van der Waals surface area (Å²) in [7, 11) is 0. The van der Waals surface area contributed by atoms with E-state index < -0.39 is 0 Å². The van der Waals surface area contributed by atoms with Gasteiger partial charge in [0.1, 0.15) is 0 Å². The molecule has 4 rings (SSSR count). The molecule has 5 heteroatoms. The largest absolute Gasteiger partial charge is 0.306 e. The van der Waals surface area contributed by atoms with Crippen LogP contribution in [-0.2, 0) is 11.3 Å². The number of piperazine rings is 1. The number of benzene rings is 1. The van der Waals surface area contributed by atoms with E-state index >= 15 is 0 Å². The minimum Gasteiger partial charge on any atom is -0.306 e.